The molecule has 2 aromatic carbocycles. The number of halogens is 3. The van der Waals surface area contributed by atoms with Gasteiger partial charge in [-0.3, -0.25) is 14.4 Å². The monoisotopic (exact) mass is 472 g/mol. The minimum Gasteiger partial charge on any atom is -0.466 e. The summed E-state index contributed by atoms with van der Waals surface area (Å²) in [7, 11) is 0. The lowest BCUT2D eigenvalue weighted by Crippen LogP contribution is -2.43. The molecule has 2 aliphatic rings. The molecule has 0 aromatic heterocycles. The number of esters is 1. The zero-order chi connectivity index (χ0) is 24.5. The quantitative estimate of drug-likeness (QED) is 0.372. The molecule has 178 valence electrons. The van der Waals surface area contributed by atoms with E-state index in [1.807, 2.05) is 4.90 Å². The van der Waals surface area contributed by atoms with Crippen molar-refractivity contribution in [2.24, 2.45) is 5.92 Å². The predicted molar refractivity (Wildman–Crippen MR) is 119 cm³/mol. The van der Waals surface area contributed by atoms with Gasteiger partial charge < -0.3 is 9.64 Å². The number of benzene rings is 2. The number of piperidine rings is 1. The average Bonchev–Trinajstić information content (AvgIpc) is 2.82. The van der Waals surface area contributed by atoms with Crippen LogP contribution in [0.3, 0.4) is 0 Å². The highest BCUT2D eigenvalue weighted by Crippen LogP contribution is 2.36. The van der Waals surface area contributed by atoms with Gasteiger partial charge in [0.05, 0.1) is 29.3 Å². The number of hydrogen-bond acceptors (Lipinski definition) is 5. The summed E-state index contributed by atoms with van der Waals surface area (Å²) in [6.07, 6.45) is -1.88. The molecule has 2 heterocycles. The van der Waals surface area contributed by atoms with E-state index >= 15 is 0 Å². The Bertz CT molecular complexity index is 1150. The summed E-state index contributed by atoms with van der Waals surface area (Å²) in [5, 5.41) is 0. The lowest BCUT2D eigenvalue weighted by atomic mass is 9.92. The first-order valence-electron chi connectivity index (χ1n) is 11.0. The second kappa shape index (κ2) is 9.32. The maximum absolute atomic E-state index is 13.4. The summed E-state index contributed by atoms with van der Waals surface area (Å²) in [6, 6.07) is 10.7. The number of rotatable bonds is 4. The van der Waals surface area contributed by atoms with Gasteiger partial charge in [0.2, 0.25) is 0 Å². The van der Waals surface area contributed by atoms with E-state index in [9.17, 15) is 27.6 Å². The minimum atomic E-state index is -4.61. The second-order valence-electron chi connectivity index (χ2n) is 8.14. The van der Waals surface area contributed by atoms with Crippen molar-refractivity contribution < 1.29 is 32.3 Å². The van der Waals surface area contributed by atoms with E-state index in [4.69, 9.17) is 4.74 Å². The Labute approximate surface area is 194 Å². The fraction of sp³-hybridized carbons (Fsp3) is 0.320. The van der Waals surface area contributed by atoms with Gasteiger partial charge in [0, 0.05) is 30.4 Å². The third-order valence-corrected chi connectivity index (χ3v) is 5.98. The number of alkyl halides is 3. The van der Waals surface area contributed by atoms with Gasteiger partial charge >= 0.3 is 12.1 Å². The first kappa shape index (κ1) is 23.5. The molecule has 0 spiro atoms. The Morgan fingerprint density at radius 3 is 2.35 bits per heavy atom. The smallest absolute Gasteiger partial charge is 0.416 e. The van der Waals surface area contributed by atoms with Crippen molar-refractivity contribution in [3.8, 4) is 0 Å². The third kappa shape index (κ3) is 4.55. The largest absolute Gasteiger partial charge is 0.466 e. The summed E-state index contributed by atoms with van der Waals surface area (Å²) < 4.78 is 44.8. The van der Waals surface area contributed by atoms with E-state index in [1.54, 1.807) is 37.4 Å². The van der Waals surface area contributed by atoms with E-state index < -0.39 is 23.6 Å². The summed E-state index contributed by atoms with van der Waals surface area (Å²) in [5.41, 5.74) is -0.232. The van der Waals surface area contributed by atoms with E-state index in [0.717, 1.165) is 17.0 Å². The zero-order valence-corrected chi connectivity index (χ0v) is 18.5. The Kier molecular flexibility index (Phi) is 6.45. The van der Waals surface area contributed by atoms with Crippen LogP contribution in [0.4, 0.5) is 18.9 Å². The molecule has 2 amide bonds. The molecule has 0 aliphatic carbocycles. The highest BCUT2D eigenvalue weighted by Gasteiger charge is 2.38. The predicted octanol–water partition coefficient (Wildman–Crippen LogP) is 4.51. The maximum Gasteiger partial charge on any atom is 0.416 e. The lowest BCUT2D eigenvalue weighted by molar-refractivity contribution is -0.149. The molecule has 0 bridgehead atoms. The van der Waals surface area contributed by atoms with Crippen molar-refractivity contribution in [2.45, 2.75) is 25.9 Å². The average molecular weight is 472 g/mol. The van der Waals surface area contributed by atoms with E-state index in [0.29, 0.717) is 38.1 Å². The number of ether oxygens (including phenoxy) is 1. The summed E-state index contributed by atoms with van der Waals surface area (Å²) >= 11 is 0. The van der Waals surface area contributed by atoms with Crippen molar-refractivity contribution in [1.29, 1.82) is 0 Å². The summed E-state index contributed by atoms with van der Waals surface area (Å²) in [4.78, 5) is 41.3. The number of anilines is 1. The molecular formula is C25H23F3N2O4. The minimum absolute atomic E-state index is 0.147. The standard InChI is InChI=1S/C25H23F3N2O4/c1-2-34-24(33)16-10-12-29(13-11-16)15-21-19-8-3-4-9-20(19)22(31)30(23(21)32)18-7-5-6-17(14-18)25(26,27)28/h3-9,14-16H,2,10-13H2,1H3. The van der Waals surface area contributed by atoms with E-state index in [2.05, 4.69) is 0 Å². The van der Waals surface area contributed by atoms with Gasteiger partial charge in [0.25, 0.3) is 11.8 Å². The molecule has 0 N–H and O–H groups in total. The lowest BCUT2D eigenvalue weighted by Gasteiger charge is -2.33. The van der Waals surface area contributed by atoms with Crippen LogP contribution in [0.15, 0.2) is 54.7 Å². The Balaban J connectivity index is 1.67. The van der Waals surface area contributed by atoms with Gasteiger partial charge in [0.15, 0.2) is 0 Å². The van der Waals surface area contributed by atoms with Gasteiger partial charge in [-0.2, -0.15) is 13.2 Å². The van der Waals surface area contributed by atoms with Crippen LogP contribution >= 0.6 is 0 Å². The molecular weight excluding hydrogens is 449 g/mol. The fourth-order valence-electron chi connectivity index (χ4n) is 4.24. The van der Waals surface area contributed by atoms with Crippen molar-refractivity contribution in [2.75, 3.05) is 24.6 Å². The van der Waals surface area contributed by atoms with Crippen molar-refractivity contribution in [1.82, 2.24) is 4.90 Å². The van der Waals surface area contributed by atoms with Gasteiger partial charge in [-0.05, 0) is 44.0 Å². The highest BCUT2D eigenvalue weighted by molar-refractivity contribution is 6.41. The number of amides is 2. The number of fused-ring (bicyclic) bond motifs is 1. The number of hydrogen-bond donors (Lipinski definition) is 0. The number of imide groups is 1. The molecule has 9 heteroatoms. The summed E-state index contributed by atoms with van der Waals surface area (Å²) in [5.74, 6) is -1.84. The third-order valence-electron chi connectivity index (χ3n) is 5.98. The number of carbonyl (C=O) groups is 3. The highest BCUT2D eigenvalue weighted by atomic mass is 19.4. The number of likely N-dealkylation sites (tertiary alicyclic amines) is 1. The van der Waals surface area contributed by atoms with Crippen LogP contribution in [0, 0.1) is 5.92 Å². The first-order chi connectivity index (χ1) is 16.2. The van der Waals surface area contributed by atoms with Crippen LogP contribution in [0.25, 0.3) is 5.57 Å². The molecule has 2 aliphatic heterocycles. The Morgan fingerprint density at radius 2 is 1.71 bits per heavy atom. The molecule has 0 saturated carbocycles. The van der Waals surface area contributed by atoms with E-state index in [1.165, 1.54) is 12.1 Å². The Morgan fingerprint density at radius 1 is 1.03 bits per heavy atom. The molecule has 2 aromatic rings. The van der Waals surface area contributed by atoms with Crippen molar-refractivity contribution in [3.05, 3.63) is 71.4 Å². The SMILES string of the molecule is CCOC(=O)C1CCN(C=C2C(=O)N(c3cccc(C(F)(F)F)c3)C(=O)c3ccccc32)CC1. The number of nitrogens with zero attached hydrogens (tertiary/aromatic N) is 2. The van der Waals surface area contributed by atoms with Gasteiger partial charge in [0.1, 0.15) is 0 Å². The van der Waals surface area contributed by atoms with Crippen LogP contribution in [0.1, 0.15) is 41.3 Å². The van der Waals surface area contributed by atoms with Crippen LogP contribution in [0.5, 0.6) is 0 Å². The topological polar surface area (TPSA) is 66.9 Å². The maximum atomic E-state index is 13.4. The van der Waals surface area contributed by atoms with Crippen molar-refractivity contribution in [3.63, 3.8) is 0 Å². The van der Waals surface area contributed by atoms with Gasteiger partial charge in [-0.15, -0.1) is 0 Å². The summed E-state index contributed by atoms with van der Waals surface area (Å²) in [6.45, 7) is 3.06. The molecule has 0 unspecified atom stereocenters. The van der Waals surface area contributed by atoms with Crippen LogP contribution < -0.4 is 4.90 Å². The molecule has 34 heavy (non-hydrogen) atoms. The van der Waals surface area contributed by atoms with Crippen LogP contribution in [0.2, 0.25) is 0 Å². The Hall–Kier alpha value is -3.62. The molecule has 4 rings (SSSR count). The van der Waals surface area contributed by atoms with Crippen LogP contribution in [-0.2, 0) is 20.5 Å². The normalized spacial score (nSPS) is 18.3. The van der Waals surface area contributed by atoms with E-state index in [-0.39, 0.29) is 28.7 Å². The second-order valence-corrected chi connectivity index (χ2v) is 8.14. The van der Waals surface area contributed by atoms with Crippen molar-refractivity contribution >= 4 is 29.0 Å². The molecule has 1 fully saturated rings. The molecule has 6 nitrogen and oxygen atoms in total. The first-order valence-corrected chi connectivity index (χ1v) is 11.0. The van der Waals surface area contributed by atoms with Gasteiger partial charge in [-0.1, -0.05) is 24.3 Å². The van der Waals surface area contributed by atoms with Crippen LogP contribution in [-0.4, -0.2) is 42.4 Å². The fourth-order valence-corrected chi connectivity index (χ4v) is 4.24. The molecule has 0 atom stereocenters. The molecule has 1 saturated heterocycles. The molecule has 0 radical (unpaired) electrons. The van der Waals surface area contributed by atoms with Gasteiger partial charge in [-0.25, -0.2) is 4.90 Å². The zero-order valence-electron chi connectivity index (χ0n) is 18.5. The number of carbonyl (C=O) groups excluding carboxylic acids is 3.